The Hall–Kier alpha value is -2.22. The maximum Gasteiger partial charge on any atom is 0.310 e. The smallest absolute Gasteiger partial charge is 0.310 e. The lowest BCUT2D eigenvalue weighted by Gasteiger charge is -2.31. The van der Waals surface area contributed by atoms with Crippen molar-refractivity contribution in [1.82, 2.24) is 19.8 Å². The number of rotatable bonds is 4. The van der Waals surface area contributed by atoms with Crippen LogP contribution in [0.4, 0.5) is 0 Å². The van der Waals surface area contributed by atoms with Crippen LogP contribution in [0.1, 0.15) is 31.2 Å². The van der Waals surface area contributed by atoms with Gasteiger partial charge in [0.2, 0.25) is 0 Å². The summed E-state index contributed by atoms with van der Waals surface area (Å²) in [5, 5.41) is 8.92. The van der Waals surface area contributed by atoms with E-state index in [4.69, 9.17) is 9.26 Å². The molecule has 3 heterocycles. The van der Waals surface area contributed by atoms with E-state index in [1.165, 1.54) is 4.68 Å². The van der Waals surface area contributed by atoms with Gasteiger partial charge >= 0.3 is 5.97 Å². The normalized spacial score (nSPS) is 18.9. The maximum atomic E-state index is 12.5. The summed E-state index contributed by atoms with van der Waals surface area (Å²) in [7, 11) is 0. The molecule has 0 aliphatic carbocycles. The molecule has 3 rings (SSSR count). The largest absolute Gasteiger partial charge is 0.466 e. The highest BCUT2D eigenvalue weighted by atomic mass is 16.5. The summed E-state index contributed by atoms with van der Waals surface area (Å²) < 4.78 is 11.6. The SMILES string of the molecule is CCOC(=O)C1CCCN(Cn2nc(C)c3c(C)onc3c2=O)C1. The number of ether oxygens (including phenoxy) is 1. The molecule has 0 spiro atoms. The van der Waals surface area contributed by atoms with Crippen molar-refractivity contribution in [1.29, 1.82) is 0 Å². The molecule has 2 aromatic rings. The molecular weight excluding hydrogens is 312 g/mol. The van der Waals surface area contributed by atoms with E-state index >= 15 is 0 Å². The molecule has 1 atom stereocenters. The highest BCUT2D eigenvalue weighted by Crippen LogP contribution is 2.19. The van der Waals surface area contributed by atoms with Crippen molar-refractivity contribution in [2.75, 3.05) is 19.7 Å². The van der Waals surface area contributed by atoms with Gasteiger partial charge in [0.1, 0.15) is 5.76 Å². The highest BCUT2D eigenvalue weighted by molar-refractivity contribution is 5.81. The average Bonchev–Trinajstić information content (AvgIpc) is 2.95. The second-order valence-corrected chi connectivity index (χ2v) is 6.16. The van der Waals surface area contributed by atoms with Gasteiger partial charge in [0, 0.05) is 6.54 Å². The van der Waals surface area contributed by atoms with Gasteiger partial charge in [-0.3, -0.25) is 14.5 Å². The number of hydrogen-bond acceptors (Lipinski definition) is 7. The molecule has 0 saturated carbocycles. The number of carbonyl (C=O) groups is 1. The third-order valence-corrected chi connectivity index (χ3v) is 4.39. The first-order valence-electron chi connectivity index (χ1n) is 8.24. The van der Waals surface area contributed by atoms with Crippen LogP contribution in [0, 0.1) is 19.8 Å². The van der Waals surface area contributed by atoms with Crippen LogP contribution < -0.4 is 5.56 Å². The number of aryl methyl sites for hydroxylation is 2. The van der Waals surface area contributed by atoms with E-state index in [0.29, 0.717) is 42.2 Å². The quantitative estimate of drug-likeness (QED) is 0.777. The highest BCUT2D eigenvalue weighted by Gasteiger charge is 2.27. The van der Waals surface area contributed by atoms with Gasteiger partial charge in [0.05, 0.1) is 30.3 Å². The summed E-state index contributed by atoms with van der Waals surface area (Å²) in [5.74, 6) is 0.286. The second kappa shape index (κ2) is 6.72. The van der Waals surface area contributed by atoms with Crippen molar-refractivity contribution in [2.24, 2.45) is 5.92 Å². The molecule has 8 nitrogen and oxygen atoms in total. The second-order valence-electron chi connectivity index (χ2n) is 6.16. The maximum absolute atomic E-state index is 12.5. The molecule has 1 unspecified atom stereocenters. The minimum Gasteiger partial charge on any atom is -0.466 e. The van der Waals surface area contributed by atoms with E-state index in [1.807, 2.05) is 6.92 Å². The van der Waals surface area contributed by atoms with E-state index in [1.54, 1.807) is 13.8 Å². The number of piperidine rings is 1. The molecule has 1 saturated heterocycles. The molecule has 1 aliphatic rings. The lowest BCUT2D eigenvalue weighted by Crippen LogP contribution is -2.42. The molecule has 0 bridgehead atoms. The summed E-state index contributed by atoms with van der Waals surface area (Å²) in [4.78, 5) is 26.5. The van der Waals surface area contributed by atoms with Crippen LogP contribution in [0.5, 0.6) is 0 Å². The van der Waals surface area contributed by atoms with Gasteiger partial charge in [0.15, 0.2) is 5.52 Å². The van der Waals surface area contributed by atoms with Crippen LogP contribution in [0.3, 0.4) is 0 Å². The summed E-state index contributed by atoms with van der Waals surface area (Å²) in [5.41, 5.74) is 0.743. The number of aromatic nitrogens is 3. The van der Waals surface area contributed by atoms with Crippen molar-refractivity contribution < 1.29 is 14.1 Å². The lowest BCUT2D eigenvalue weighted by molar-refractivity contribution is -0.150. The molecular formula is C16H22N4O4. The van der Waals surface area contributed by atoms with Crippen molar-refractivity contribution in [3.8, 4) is 0 Å². The van der Waals surface area contributed by atoms with Crippen LogP contribution in [0.2, 0.25) is 0 Å². The van der Waals surface area contributed by atoms with E-state index < -0.39 is 0 Å². The fourth-order valence-electron chi connectivity index (χ4n) is 3.26. The van der Waals surface area contributed by atoms with Gasteiger partial charge in [0.25, 0.3) is 5.56 Å². The van der Waals surface area contributed by atoms with Crippen LogP contribution in [-0.2, 0) is 16.2 Å². The summed E-state index contributed by atoms with van der Waals surface area (Å²) in [6, 6.07) is 0. The first kappa shape index (κ1) is 16.6. The number of nitrogens with zero attached hydrogens (tertiary/aromatic N) is 4. The van der Waals surface area contributed by atoms with Gasteiger partial charge in [-0.25, -0.2) is 4.68 Å². The van der Waals surface area contributed by atoms with Crippen LogP contribution >= 0.6 is 0 Å². The minimum absolute atomic E-state index is 0.145. The molecule has 8 heteroatoms. The zero-order valence-electron chi connectivity index (χ0n) is 14.2. The molecule has 2 aromatic heterocycles. The van der Waals surface area contributed by atoms with Crippen molar-refractivity contribution in [3.05, 3.63) is 21.8 Å². The Morgan fingerprint density at radius 3 is 2.96 bits per heavy atom. The Kier molecular flexibility index (Phi) is 4.66. The summed E-state index contributed by atoms with van der Waals surface area (Å²) in [6.45, 7) is 7.51. The third kappa shape index (κ3) is 3.06. The number of hydrogen-bond donors (Lipinski definition) is 0. The van der Waals surface area contributed by atoms with Crippen LogP contribution in [-0.4, -0.2) is 45.5 Å². The number of likely N-dealkylation sites (tertiary alicyclic amines) is 1. The Morgan fingerprint density at radius 1 is 1.42 bits per heavy atom. The minimum atomic E-state index is -0.272. The van der Waals surface area contributed by atoms with E-state index in [2.05, 4.69) is 15.2 Å². The average molecular weight is 334 g/mol. The number of esters is 1. The van der Waals surface area contributed by atoms with E-state index in [-0.39, 0.29) is 17.4 Å². The molecule has 24 heavy (non-hydrogen) atoms. The number of fused-ring (bicyclic) bond motifs is 1. The number of carbonyl (C=O) groups excluding carboxylic acids is 1. The Morgan fingerprint density at radius 2 is 2.21 bits per heavy atom. The van der Waals surface area contributed by atoms with Crippen LogP contribution in [0.25, 0.3) is 10.9 Å². The Bertz CT molecular complexity index is 810. The first-order chi connectivity index (χ1) is 11.5. The zero-order valence-corrected chi connectivity index (χ0v) is 14.2. The molecule has 0 N–H and O–H groups in total. The fourth-order valence-corrected chi connectivity index (χ4v) is 3.26. The molecule has 0 aromatic carbocycles. The third-order valence-electron chi connectivity index (χ3n) is 4.39. The molecule has 130 valence electrons. The topological polar surface area (TPSA) is 90.5 Å². The van der Waals surface area contributed by atoms with E-state index in [9.17, 15) is 9.59 Å². The lowest BCUT2D eigenvalue weighted by atomic mass is 9.99. The zero-order chi connectivity index (χ0) is 17.3. The predicted molar refractivity (Wildman–Crippen MR) is 86.5 cm³/mol. The van der Waals surface area contributed by atoms with Crippen LogP contribution in [0.15, 0.2) is 9.32 Å². The standard InChI is InChI=1S/C16H22N4O4/c1-4-23-16(22)12-6-5-7-19(8-12)9-20-15(21)14-13(10(2)17-20)11(3)24-18-14/h12H,4-9H2,1-3H3. The Balaban J connectivity index is 1.81. The van der Waals surface area contributed by atoms with Crippen molar-refractivity contribution in [3.63, 3.8) is 0 Å². The molecule has 1 fully saturated rings. The molecule has 0 radical (unpaired) electrons. The summed E-state index contributed by atoms with van der Waals surface area (Å²) in [6.07, 6.45) is 1.71. The van der Waals surface area contributed by atoms with Crippen molar-refractivity contribution in [2.45, 2.75) is 40.3 Å². The Labute approximate surface area is 139 Å². The monoisotopic (exact) mass is 334 g/mol. The molecule has 0 amide bonds. The van der Waals surface area contributed by atoms with E-state index in [0.717, 1.165) is 19.4 Å². The van der Waals surface area contributed by atoms with Crippen molar-refractivity contribution >= 4 is 16.9 Å². The summed E-state index contributed by atoms with van der Waals surface area (Å²) >= 11 is 0. The van der Waals surface area contributed by atoms with Gasteiger partial charge < -0.3 is 9.26 Å². The van der Waals surface area contributed by atoms with Gasteiger partial charge in [-0.2, -0.15) is 5.10 Å². The van der Waals surface area contributed by atoms with Gasteiger partial charge in [-0.15, -0.1) is 0 Å². The molecule has 1 aliphatic heterocycles. The fraction of sp³-hybridized carbons (Fsp3) is 0.625. The predicted octanol–water partition coefficient (Wildman–Crippen LogP) is 1.23. The van der Waals surface area contributed by atoms with Gasteiger partial charge in [-0.1, -0.05) is 5.16 Å². The van der Waals surface area contributed by atoms with Gasteiger partial charge in [-0.05, 0) is 40.2 Å². The first-order valence-corrected chi connectivity index (χ1v) is 8.24.